The zero-order valence-corrected chi connectivity index (χ0v) is 13.4. The van der Waals surface area contributed by atoms with Crippen LogP contribution in [-0.2, 0) is 20.1 Å². The number of aromatic nitrogens is 4. The minimum Gasteiger partial charge on any atom is -0.310 e. The molecule has 0 aromatic carbocycles. The summed E-state index contributed by atoms with van der Waals surface area (Å²) in [6, 6.07) is 0.484. The van der Waals surface area contributed by atoms with Crippen LogP contribution in [0, 0.1) is 6.92 Å². The summed E-state index contributed by atoms with van der Waals surface area (Å²) in [7, 11) is 1.96. The summed E-state index contributed by atoms with van der Waals surface area (Å²) in [6.07, 6.45) is 3.98. The van der Waals surface area contributed by atoms with E-state index in [0.29, 0.717) is 6.04 Å². The second kappa shape index (κ2) is 5.88. The minimum atomic E-state index is 0.484. The lowest BCUT2D eigenvalue weighted by molar-refractivity contribution is 0.586. The van der Waals surface area contributed by atoms with Crippen molar-refractivity contribution in [3.8, 4) is 0 Å². The highest BCUT2D eigenvalue weighted by molar-refractivity contribution is 9.10. The minimum absolute atomic E-state index is 0.484. The van der Waals surface area contributed by atoms with E-state index in [0.717, 1.165) is 29.0 Å². The van der Waals surface area contributed by atoms with Gasteiger partial charge in [0.25, 0.3) is 0 Å². The van der Waals surface area contributed by atoms with Crippen molar-refractivity contribution in [1.29, 1.82) is 0 Å². The van der Waals surface area contributed by atoms with Crippen LogP contribution in [0.4, 0.5) is 0 Å². The highest BCUT2D eigenvalue weighted by Gasteiger charge is 2.11. The molecule has 0 bridgehead atoms. The third-order valence-corrected chi connectivity index (χ3v) is 4.01. The van der Waals surface area contributed by atoms with Crippen molar-refractivity contribution >= 4 is 15.9 Å². The molecule has 2 rings (SSSR count). The number of halogens is 1. The molecule has 6 heteroatoms. The largest absolute Gasteiger partial charge is 0.310 e. The van der Waals surface area contributed by atoms with E-state index in [2.05, 4.69) is 51.5 Å². The average molecular weight is 326 g/mol. The Hall–Kier alpha value is -1.14. The summed E-state index contributed by atoms with van der Waals surface area (Å²) in [6.45, 7) is 7.84. The van der Waals surface area contributed by atoms with Crippen molar-refractivity contribution in [2.75, 3.05) is 0 Å². The summed E-state index contributed by atoms with van der Waals surface area (Å²) in [5.74, 6) is 0. The average Bonchev–Trinajstić information content (AvgIpc) is 2.88. The van der Waals surface area contributed by atoms with Crippen LogP contribution in [0.15, 0.2) is 16.9 Å². The van der Waals surface area contributed by atoms with Crippen LogP contribution in [0.5, 0.6) is 0 Å². The normalized spacial score (nSPS) is 11.5. The summed E-state index contributed by atoms with van der Waals surface area (Å²) in [5, 5.41) is 12.2. The Balaban J connectivity index is 2.07. The maximum atomic E-state index is 4.40. The van der Waals surface area contributed by atoms with Crippen molar-refractivity contribution in [2.24, 2.45) is 7.05 Å². The molecule has 2 heterocycles. The van der Waals surface area contributed by atoms with Crippen molar-refractivity contribution in [3.05, 3.63) is 33.8 Å². The summed E-state index contributed by atoms with van der Waals surface area (Å²) in [5.41, 5.74) is 3.33. The second-order valence-electron chi connectivity index (χ2n) is 5.05. The quantitative estimate of drug-likeness (QED) is 0.917. The predicted octanol–water partition coefficient (Wildman–Crippen LogP) is 2.23. The van der Waals surface area contributed by atoms with Gasteiger partial charge in [0.2, 0.25) is 0 Å². The highest BCUT2D eigenvalue weighted by atomic mass is 79.9. The van der Waals surface area contributed by atoms with Crippen LogP contribution >= 0.6 is 15.9 Å². The van der Waals surface area contributed by atoms with E-state index < -0.39 is 0 Å². The van der Waals surface area contributed by atoms with Crippen molar-refractivity contribution in [2.45, 2.75) is 39.9 Å². The van der Waals surface area contributed by atoms with Crippen molar-refractivity contribution in [1.82, 2.24) is 24.9 Å². The molecule has 0 aliphatic rings. The first-order valence-electron chi connectivity index (χ1n) is 6.40. The van der Waals surface area contributed by atoms with Gasteiger partial charge >= 0.3 is 0 Å². The van der Waals surface area contributed by atoms with E-state index in [1.165, 1.54) is 5.56 Å². The van der Waals surface area contributed by atoms with Crippen molar-refractivity contribution < 1.29 is 0 Å². The van der Waals surface area contributed by atoms with Crippen LogP contribution in [0.2, 0.25) is 0 Å². The third-order valence-electron chi connectivity index (χ3n) is 2.97. The zero-order valence-electron chi connectivity index (χ0n) is 11.8. The Morgan fingerprint density at radius 3 is 2.74 bits per heavy atom. The molecule has 0 saturated heterocycles. The summed E-state index contributed by atoms with van der Waals surface area (Å²) < 4.78 is 4.90. The molecular weight excluding hydrogens is 306 g/mol. The Kier molecular flexibility index (Phi) is 4.42. The van der Waals surface area contributed by atoms with Gasteiger partial charge < -0.3 is 5.32 Å². The first-order chi connectivity index (χ1) is 8.97. The molecule has 0 amide bonds. The van der Waals surface area contributed by atoms with E-state index in [1.54, 1.807) is 0 Å². The van der Waals surface area contributed by atoms with Crippen molar-refractivity contribution in [3.63, 3.8) is 0 Å². The van der Waals surface area contributed by atoms with Crippen LogP contribution in [0.25, 0.3) is 0 Å². The molecule has 0 unspecified atom stereocenters. The van der Waals surface area contributed by atoms with Gasteiger partial charge in [-0.2, -0.15) is 10.2 Å². The molecule has 0 saturated carbocycles. The van der Waals surface area contributed by atoms with E-state index in [-0.39, 0.29) is 0 Å². The van der Waals surface area contributed by atoms with Gasteiger partial charge in [0.15, 0.2) is 0 Å². The maximum absolute atomic E-state index is 4.40. The lowest BCUT2D eigenvalue weighted by atomic mass is 10.3. The Labute approximate surface area is 122 Å². The molecule has 1 N–H and O–H groups in total. The number of nitrogens with zero attached hydrogens (tertiary/aromatic N) is 4. The van der Waals surface area contributed by atoms with Crippen LogP contribution in [0.1, 0.15) is 30.8 Å². The van der Waals surface area contributed by atoms with Gasteiger partial charge in [0.05, 0.1) is 28.6 Å². The van der Waals surface area contributed by atoms with Gasteiger partial charge in [-0.15, -0.1) is 0 Å². The van der Waals surface area contributed by atoms with Crippen LogP contribution < -0.4 is 5.32 Å². The monoisotopic (exact) mass is 325 g/mol. The number of rotatable bonds is 5. The van der Waals surface area contributed by atoms with Crippen LogP contribution in [0.3, 0.4) is 0 Å². The summed E-state index contributed by atoms with van der Waals surface area (Å²) >= 11 is 3.58. The topological polar surface area (TPSA) is 47.7 Å². The van der Waals surface area contributed by atoms with Gasteiger partial charge in [-0.1, -0.05) is 13.8 Å². The van der Waals surface area contributed by atoms with E-state index in [1.807, 2.05) is 29.5 Å². The molecule has 0 aliphatic carbocycles. The Morgan fingerprint density at radius 2 is 2.16 bits per heavy atom. The molecule has 0 fully saturated rings. The van der Waals surface area contributed by atoms with Gasteiger partial charge in [-0.05, 0) is 22.9 Å². The van der Waals surface area contributed by atoms with E-state index in [4.69, 9.17) is 0 Å². The molecule has 0 spiro atoms. The molecule has 2 aromatic heterocycles. The standard InChI is InChI=1S/C13H20BrN5/c1-9(2)15-5-11-6-16-19(7-11)8-12-13(14)10(3)17-18(12)4/h6-7,9,15H,5,8H2,1-4H3. The molecule has 0 radical (unpaired) electrons. The first kappa shape index (κ1) is 14.3. The fourth-order valence-electron chi connectivity index (χ4n) is 1.91. The van der Waals surface area contributed by atoms with Gasteiger partial charge in [0.1, 0.15) is 0 Å². The molecule has 5 nitrogen and oxygen atoms in total. The first-order valence-corrected chi connectivity index (χ1v) is 7.19. The molecule has 2 aromatic rings. The summed E-state index contributed by atoms with van der Waals surface area (Å²) in [4.78, 5) is 0. The lowest BCUT2D eigenvalue weighted by Crippen LogP contribution is -2.21. The predicted molar refractivity (Wildman–Crippen MR) is 78.9 cm³/mol. The van der Waals surface area contributed by atoms with Gasteiger partial charge in [-0.3, -0.25) is 9.36 Å². The SMILES string of the molecule is Cc1nn(C)c(Cn2cc(CNC(C)C)cn2)c1Br. The third kappa shape index (κ3) is 3.45. The Morgan fingerprint density at radius 1 is 1.42 bits per heavy atom. The Bertz CT molecular complexity index is 555. The second-order valence-corrected chi connectivity index (χ2v) is 5.84. The maximum Gasteiger partial charge on any atom is 0.0839 e. The zero-order chi connectivity index (χ0) is 14.0. The van der Waals surface area contributed by atoms with Crippen LogP contribution in [-0.4, -0.2) is 25.6 Å². The molecule has 19 heavy (non-hydrogen) atoms. The van der Waals surface area contributed by atoms with E-state index >= 15 is 0 Å². The number of hydrogen-bond donors (Lipinski definition) is 1. The lowest BCUT2D eigenvalue weighted by Gasteiger charge is -2.05. The fraction of sp³-hybridized carbons (Fsp3) is 0.538. The van der Waals surface area contributed by atoms with Gasteiger partial charge in [0, 0.05) is 31.4 Å². The van der Waals surface area contributed by atoms with Gasteiger partial charge in [-0.25, -0.2) is 0 Å². The molecular formula is C13H20BrN5. The molecule has 104 valence electrons. The fourth-order valence-corrected chi connectivity index (χ4v) is 2.37. The number of aryl methyl sites for hydroxylation is 2. The number of hydrogen-bond acceptors (Lipinski definition) is 3. The highest BCUT2D eigenvalue weighted by Crippen LogP contribution is 2.20. The number of nitrogens with one attached hydrogen (secondary N) is 1. The molecule has 0 aliphatic heterocycles. The smallest absolute Gasteiger partial charge is 0.0839 e. The van der Waals surface area contributed by atoms with E-state index in [9.17, 15) is 0 Å². The molecule has 0 atom stereocenters.